The summed E-state index contributed by atoms with van der Waals surface area (Å²) in [5, 5.41) is 7.70. The van der Waals surface area contributed by atoms with Gasteiger partial charge in [0.1, 0.15) is 6.10 Å². The fraction of sp³-hybridized carbons (Fsp3) is 0.292. The molecule has 1 aliphatic carbocycles. The van der Waals surface area contributed by atoms with Gasteiger partial charge < -0.3 is 15.4 Å². The van der Waals surface area contributed by atoms with E-state index in [2.05, 4.69) is 15.6 Å². The van der Waals surface area contributed by atoms with Crippen LogP contribution in [0.1, 0.15) is 56.8 Å². The molecule has 0 atom stereocenters. The van der Waals surface area contributed by atoms with E-state index in [0.29, 0.717) is 29.4 Å². The third kappa shape index (κ3) is 5.70. The minimum atomic E-state index is -0.162. The lowest BCUT2D eigenvalue weighted by Gasteiger charge is -2.15. The molecule has 2 amide bonds. The van der Waals surface area contributed by atoms with E-state index in [0.717, 1.165) is 24.0 Å². The van der Waals surface area contributed by atoms with Crippen molar-refractivity contribution < 1.29 is 14.3 Å². The van der Waals surface area contributed by atoms with Gasteiger partial charge in [-0.1, -0.05) is 24.3 Å². The summed E-state index contributed by atoms with van der Waals surface area (Å²) >= 11 is 1.41. The molecule has 1 saturated carbocycles. The number of benzene rings is 1. The van der Waals surface area contributed by atoms with Crippen LogP contribution in [0.3, 0.4) is 0 Å². The van der Waals surface area contributed by atoms with Gasteiger partial charge in [0.05, 0.1) is 4.88 Å². The number of carbonyl (C=O) groups excluding carboxylic acids is 2. The van der Waals surface area contributed by atoms with Gasteiger partial charge in [0.2, 0.25) is 5.88 Å². The predicted octanol–water partition coefficient (Wildman–Crippen LogP) is 4.32. The van der Waals surface area contributed by atoms with Crippen LogP contribution in [0.25, 0.3) is 0 Å². The Morgan fingerprint density at radius 2 is 1.74 bits per heavy atom. The van der Waals surface area contributed by atoms with Crippen molar-refractivity contribution in [1.82, 2.24) is 15.6 Å². The molecule has 2 N–H and O–H groups in total. The van der Waals surface area contributed by atoms with Gasteiger partial charge >= 0.3 is 0 Å². The van der Waals surface area contributed by atoms with Gasteiger partial charge in [-0.25, -0.2) is 4.98 Å². The van der Waals surface area contributed by atoms with E-state index in [1.165, 1.54) is 24.2 Å². The second-order valence-corrected chi connectivity index (χ2v) is 8.48. The van der Waals surface area contributed by atoms with Gasteiger partial charge in [0.15, 0.2) is 0 Å². The van der Waals surface area contributed by atoms with Gasteiger partial charge in [-0.2, -0.15) is 0 Å². The van der Waals surface area contributed by atoms with Crippen molar-refractivity contribution in [3.63, 3.8) is 0 Å². The second-order valence-electron chi connectivity index (χ2n) is 7.53. The summed E-state index contributed by atoms with van der Waals surface area (Å²) in [4.78, 5) is 29.6. The third-order valence-corrected chi connectivity index (χ3v) is 6.15. The third-order valence-electron chi connectivity index (χ3n) is 5.28. The fourth-order valence-electron chi connectivity index (χ4n) is 3.56. The summed E-state index contributed by atoms with van der Waals surface area (Å²) in [5.74, 6) is 0.347. The molecule has 0 spiro atoms. The number of rotatable bonds is 8. The lowest BCUT2D eigenvalue weighted by Crippen LogP contribution is -2.24. The van der Waals surface area contributed by atoms with Gasteiger partial charge in [-0.15, -0.1) is 11.3 Å². The Morgan fingerprint density at radius 3 is 2.48 bits per heavy atom. The molecular weight excluding hydrogens is 410 g/mol. The van der Waals surface area contributed by atoms with Crippen LogP contribution in [0.5, 0.6) is 5.88 Å². The summed E-state index contributed by atoms with van der Waals surface area (Å²) in [6.45, 7) is 0.767. The van der Waals surface area contributed by atoms with E-state index in [9.17, 15) is 9.59 Å². The maximum absolute atomic E-state index is 12.6. The van der Waals surface area contributed by atoms with Crippen molar-refractivity contribution in [3.8, 4) is 5.88 Å². The molecule has 1 fully saturated rings. The number of ether oxygens (including phenoxy) is 1. The SMILES string of the molecule is O=C(NCc1cccnc1OC1CCCC1)c1ccc(CNC(=O)c2cccs2)cc1. The number of nitrogens with one attached hydrogen (secondary N) is 2. The van der Waals surface area contributed by atoms with Gasteiger partial charge in [0.25, 0.3) is 11.8 Å². The largest absolute Gasteiger partial charge is 0.474 e. The van der Waals surface area contributed by atoms with Crippen LogP contribution in [-0.2, 0) is 13.1 Å². The highest BCUT2D eigenvalue weighted by atomic mass is 32.1. The Bertz CT molecular complexity index is 1010. The topological polar surface area (TPSA) is 80.3 Å². The van der Waals surface area contributed by atoms with Gasteiger partial charge in [-0.3, -0.25) is 9.59 Å². The molecular formula is C24H25N3O3S. The first-order valence-corrected chi connectivity index (χ1v) is 11.4. The number of thiophene rings is 1. The van der Waals surface area contributed by atoms with Crippen LogP contribution in [0.2, 0.25) is 0 Å². The van der Waals surface area contributed by atoms with E-state index in [1.54, 1.807) is 24.4 Å². The van der Waals surface area contributed by atoms with Gasteiger partial charge in [-0.05, 0) is 60.9 Å². The predicted molar refractivity (Wildman–Crippen MR) is 120 cm³/mol. The fourth-order valence-corrected chi connectivity index (χ4v) is 4.20. The summed E-state index contributed by atoms with van der Waals surface area (Å²) in [5.41, 5.74) is 2.37. The zero-order chi connectivity index (χ0) is 21.5. The van der Waals surface area contributed by atoms with Crippen LogP contribution in [0.4, 0.5) is 0 Å². The van der Waals surface area contributed by atoms with Crippen LogP contribution in [-0.4, -0.2) is 22.9 Å². The number of hydrogen-bond donors (Lipinski definition) is 2. The highest BCUT2D eigenvalue weighted by Gasteiger charge is 2.19. The van der Waals surface area contributed by atoms with Crippen molar-refractivity contribution in [2.24, 2.45) is 0 Å². The lowest BCUT2D eigenvalue weighted by atomic mass is 10.1. The molecule has 1 aromatic carbocycles. The van der Waals surface area contributed by atoms with Crippen molar-refractivity contribution in [1.29, 1.82) is 0 Å². The van der Waals surface area contributed by atoms with E-state index >= 15 is 0 Å². The molecule has 0 unspecified atom stereocenters. The molecule has 0 saturated heterocycles. The van der Waals surface area contributed by atoms with E-state index < -0.39 is 0 Å². The highest BCUT2D eigenvalue weighted by molar-refractivity contribution is 7.12. The lowest BCUT2D eigenvalue weighted by molar-refractivity contribution is 0.0943. The Morgan fingerprint density at radius 1 is 0.968 bits per heavy atom. The average Bonchev–Trinajstić information content (AvgIpc) is 3.51. The Labute approximate surface area is 185 Å². The molecule has 4 rings (SSSR count). The zero-order valence-electron chi connectivity index (χ0n) is 17.2. The maximum Gasteiger partial charge on any atom is 0.261 e. The molecule has 3 aromatic rings. The smallest absolute Gasteiger partial charge is 0.261 e. The van der Waals surface area contributed by atoms with E-state index in [4.69, 9.17) is 4.74 Å². The number of carbonyl (C=O) groups is 2. The minimum Gasteiger partial charge on any atom is -0.474 e. The van der Waals surface area contributed by atoms with Crippen molar-refractivity contribution >= 4 is 23.2 Å². The van der Waals surface area contributed by atoms with Crippen molar-refractivity contribution in [2.45, 2.75) is 44.9 Å². The number of hydrogen-bond acceptors (Lipinski definition) is 5. The molecule has 7 heteroatoms. The summed E-state index contributed by atoms with van der Waals surface area (Å²) in [7, 11) is 0. The molecule has 31 heavy (non-hydrogen) atoms. The summed E-state index contributed by atoms with van der Waals surface area (Å²) in [6.07, 6.45) is 6.43. The standard InChI is InChI=1S/C24H25N3O3S/c28-22(27-16-19-5-3-13-25-24(19)30-20-6-1-2-7-20)18-11-9-17(10-12-18)15-26-23(29)21-8-4-14-31-21/h3-5,8-14,20H,1-2,6-7,15-16H2,(H,26,29)(H,27,28). The van der Waals surface area contributed by atoms with E-state index in [1.807, 2.05) is 35.7 Å². The monoisotopic (exact) mass is 435 g/mol. The van der Waals surface area contributed by atoms with Crippen LogP contribution in [0, 0.1) is 0 Å². The molecule has 2 aromatic heterocycles. The van der Waals surface area contributed by atoms with Crippen LogP contribution >= 0.6 is 11.3 Å². The second kappa shape index (κ2) is 10.2. The number of amides is 2. The molecule has 2 heterocycles. The first-order valence-electron chi connectivity index (χ1n) is 10.5. The molecule has 6 nitrogen and oxygen atoms in total. The Balaban J connectivity index is 1.29. The molecule has 0 radical (unpaired) electrons. The Hall–Kier alpha value is -3.19. The molecule has 0 aliphatic heterocycles. The van der Waals surface area contributed by atoms with Crippen LogP contribution < -0.4 is 15.4 Å². The number of aromatic nitrogens is 1. The normalized spacial score (nSPS) is 13.7. The summed E-state index contributed by atoms with van der Waals surface area (Å²) < 4.78 is 6.04. The molecule has 0 bridgehead atoms. The maximum atomic E-state index is 12.6. The van der Waals surface area contributed by atoms with E-state index in [-0.39, 0.29) is 17.9 Å². The van der Waals surface area contributed by atoms with Crippen LogP contribution in [0.15, 0.2) is 60.1 Å². The quantitative estimate of drug-likeness (QED) is 0.552. The number of pyridine rings is 1. The highest BCUT2D eigenvalue weighted by Crippen LogP contribution is 2.25. The summed E-state index contributed by atoms with van der Waals surface area (Å²) in [6, 6.07) is 14.6. The van der Waals surface area contributed by atoms with Crippen molar-refractivity contribution in [3.05, 3.63) is 81.7 Å². The number of nitrogens with zero attached hydrogens (tertiary/aromatic N) is 1. The minimum absolute atomic E-state index is 0.0936. The first-order chi connectivity index (χ1) is 15.2. The van der Waals surface area contributed by atoms with Crippen molar-refractivity contribution in [2.75, 3.05) is 0 Å². The Kier molecular flexibility index (Phi) is 6.94. The van der Waals surface area contributed by atoms with Gasteiger partial charge in [0, 0.05) is 30.4 Å². The first kappa shape index (κ1) is 21.1. The molecule has 1 aliphatic rings. The molecule has 160 valence electrons. The zero-order valence-corrected chi connectivity index (χ0v) is 18.0. The average molecular weight is 436 g/mol.